The molecule has 0 unspecified atom stereocenters. The second-order valence-corrected chi connectivity index (χ2v) is 2.05. The summed E-state index contributed by atoms with van der Waals surface area (Å²) < 4.78 is 0. The average Bonchev–Trinajstić information content (AvgIpc) is 2.58. The maximum absolute atomic E-state index is 10.6. The van der Waals surface area contributed by atoms with Gasteiger partial charge in [0, 0.05) is 0 Å². The fourth-order valence-electron chi connectivity index (χ4n) is 0.765. The van der Waals surface area contributed by atoms with E-state index in [1.54, 1.807) is 0 Å². The van der Waals surface area contributed by atoms with Crippen molar-refractivity contribution in [1.82, 2.24) is 30.4 Å². The van der Waals surface area contributed by atoms with Crippen LogP contribution in [0, 0.1) is 0 Å². The minimum Gasteiger partial charge on any atom is -0.286 e. The van der Waals surface area contributed by atoms with E-state index in [4.69, 9.17) is 0 Å². The summed E-state index contributed by atoms with van der Waals surface area (Å²) in [6.07, 6.45) is 0. The Bertz CT molecular complexity index is 439. The van der Waals surface area contributed by atoms with Gasteiger partial charge in [0.2, 0.25) is 0 Å². The summed E-state index contributed by atoms with van der Waals surface area (Å²) in [4.78, 5) is 25.8. The fourth-order valence-corrected chi connectivity index (χ4v) is 0.765. The largest absolute Gasteiger partial charge is 0.341 e. The zero-order valence-corrected chi connectivity index (χ0v) is 5.71. The van der Waals surface area contributed by atoms with Crippen LogP contribution in [0.15, 0.2) is 9.59 Å². The maximum atomic E-state index is 10.6. The van der Waals surface area contributed by atoms with Crippen LogP contribution in [0.5, 0.6) is 0 Å². The van der Waals surface area contributed by atoms with E-state index in [0.717, 1.165) is 0 Å². The van der Waals surface area contributed by atoms with Gasteiger partial charge in [-0.1, -0.05) is 0 Å². The molecule has 0 fully saturated rings. The summed E-state index contributed by atoms with van der Waals surface area (Å²) in [5, 5.41) is 11.4. The zero-order chi connectivity index (χ0) is 8.55. The van der Waals surface area contributed by atoms with Crippen LogP contribution in [0.1, 0.15) is 0 Å². The van der Waals surface area contributed by atoms with Gasteiger partial charge < -0.3 is 0 Å². The number of hydrogen-bond donors (Lipinski definition) is 4. The maximum Gasteiger partial charge on any atom is 0.341 e. The summed E-state index contributed by atoms with van der Waals surface area (Å²) in [7, 11) is 0. The topological polar surface area (TPSA) is 123 Å². The first-order valence-corrected chi connectivity index (χ1v) is 3.05. The first-order chi connectivity index (χ1) is 5.75. The Labute approximate surface area is 64.0 Å². The van der Waals surface area contributed by atoms with Crippen LogP contribution >= 0.6 is 0 Å². The third-order valence-electron chi connectivity index (χ3n) is 1.23. The number of aromatic amines is 4. The Morgan fingerprint density at radius 1 is 0.833 bits per heavy atom. The van der Waals surface area contributed by atoms with Crippen LogP contribution in [0.4, 0.5) is 0 Å². The van der Waals surface area contributed by atoms with Gasteiger partial charge in [-0.3, -0.25) is 9.97 Å². The van der Waals surface area contributed by atoms with Gasteiger partial charge in [-0.15, -0.1) is 10.2 Å². The van der Waals surface area contributed by atoms with Crippen molar-refractivity contribution in [3.8, 4) is 11.6 Å². The second-order valence-electron chi connectivity index (χ2n) is 2.05. The number of H-pyrrole nitrogens is 4. The molecule has 0 saturated heterocycles. The van der Waals surface area contributed by atoms with Crippen LogP contribution in [-0.2, 0) is 0 Å². The van der Waals surface area contributed by atoms with E-state index in [2.05, 4.69) is 30.4 Å². The molecule has 0 radical (unpaired) electrons. The van der Waals surface area contributed by atoms with Gasteiger partial charge in [-0.05, 0) is 0 Å². The molecule has 0 spiro atoms. The highest BCUT2D eigenvalue weighted by atomic mass is 16.1. The molecular weight excluding hydrogens is 164 g/mol. The highest BCUT2D eigenvalue weighted by Gasteiger charge is 2.04. The van der Waals surface area contributed by atoms with Gasteiger partial charge in [0.1, 0.15) is 0 Å². The van der Waals surface area contributed by atoms with Gasteiger partial charge in [0.25, 0.3) is 0 Å². The molecule has 0 bridgehead atoms. The lowest BCUT2D eigenvalue weighted by Gasteiger charge is -1.81. The molecule has 2 rings (SSSR count). The molecule has 0 atom stereocenters. The highest BCUT2D eigenvalue weighted by Crippen LogP contribution is 1.98. The van der Waals surface area contributed by atoms with Crippen LogP contribution < -0.4 is 11.4 Å². The van der Waals surface area contributed by atoms with Gasteiger partial charge in [0.05, 0.1) is 0 Å². The predicted octanol–water partition coefficient (Wildman–Crippen LogP) is -1.82. The standard InChI is InChI=1S/C4H4N6O2/c11-3-5-1(7-9-3)2-6-4(12)10-8-2/h(H2,5,7,9,11)(H2,6,8,10,12). The van der Waals surface area contributed by atoms with E-state index < -0.39 is 11.4 Å². The summed E-state index contributed by atoms with van der Waals surface area (Å²) in [6.45, 7) is 0. The molecule has 0 aromatic carbocycles. The van der Waals surface area contributed by atoms with Crippen molar-refractivity contribution in [1.29, 1.82) is 0 Å². The molecule has 2 aromatic heterocycles. The summed E-state index contributed by atoms with van der Waals surface area (Å²) in [6, 6.07) is 0. The van der Waals surface area contributed by atoms with E-state index in [0.29, 0.717) is 0 Å². The Hall–Kier alpha value is -2.12. The Kier molecular flexibility index (Phi) is 1.20. The van der Waals surface area contributed by atoms with Crippen LogP contribution in [0.3, 0.4) is 0 Å². The molecule has 8 nitrogen and oxygen atoms in total. The SMILES string of the molecule is O=c1[nH]nc(-c2n[nH]c(=O)[nH]2)[nH]1. The van der Waals surface area contributed by atoms with Gasteiger partial charge in [-0.2, -0.15) is 0 Å². The van der Waals surface area contributed by atoms with Crippen LogP contribution in [0.25, 0.3) is 11.6 Å². The normalized spacial score (nSPS) is 10.3. The lowest BCUT2D eigenvalue weighted by Crippen LogP contribution is -2.01. The third-order valence-corrected chi connectivity index (χ3v) is 1.23. The molecule has 0 amide bonds. The lowest BCUT2D eigenvalue weighted by molar-refractivity contribution is 1.03. The van der Waals surface area contributed by atoms with Crippen molar-refractivity contribution in [2.24, 2.45) is 0 Å². The van der Waals surface area contributed by atoms with Crippen molar-refractivity contribution in [3.63, 3.8) is 0 Å². The van der Waals surface area contributed by atoms with Crippen molar-refractivity contribution in [3.05, 3.63) is 21.0 Å². The van der Waals surface area contributed by atoms with Gasteiger partial charge in [0.15, 0.2) is 11.6 Å². The molecule has 8 heteroatoms. The van der Waals surface area contributed by atoms with Crippen molar-refractivity contribution >= 4 is 0 Å². The molecule has 0 saturated carbocycles. The minimum atomic E-state index is -0.450. The van der Waals surface area contributed by atoms with Crippen molar-refractivity contribution in [2.45, 2.75) is 0 Å². The number of rotatable bonds is 1. The lowest BCUT2D eigenvalue weighted by atomic mass is 10.6. The molecule has 2 aromatic rings. The van der Waals surface area contributed by atoms with E-state index in [9.17, 15) is 9.59 Å². The first kappa shape index (κ1) is 6.58. The molecule has 4 N–H and O–H groups in total. The molecular formula is C4H4N6O2. The molecule has 12 heavy (non-hydrogen) atoms. The molecule has 0 aliphatic rings. The second kappa shape index (κ2) is 2.19. The number of nitrogens with zero attached hydrogens (tertiary/aromatic N) is 2. The Morgan fingerprint density at radius 3 is 1.50 bits per heavy atom. The average molecular weight is 168 g/mol. The molecule has 2 heterocycles. The summed E-state index contributed by atoms with van der Waals surface area (Å²) in [5.41, 5.74) is -0.900. The number of hydrogen-bond acceptors (Lipinski definition) is 4. The summed E-state index contributed by atoms with van der Waals surface area (Å²) in [5.74, 6) is 0.386. The van der Waals surface area contributed by atoms with E-state index in [1.165, 1.54) is 0 Å². The van der Waals surface area contributed by atoms with Crippen molar-refractivity contribution in [2.75, 3.05) is 0 Å². The smallest absolute Gasteiger partial charge is 0.286 e. The minimum absolute atomic E-state index is 0.193. The van der Waals surface area contributed by atoms with Crippen LogP contribution in [0.2, 0.25) is 0 Å². The predicted molar refractivity (Wildman–Crippen MR) is 37.4 cm³/mol. The summed E-state index contributed by atoms with van der Waals surface area (Å²) >= 11 is 0. The fraction of sp³-hybridized carbons (Fsp3) is 0. The van der Waals surface area contributed by atoms with Crippen LogP contribution in [-0.4, -0.2) is 30.4 Å². The Morgan fingerprint density at radius 2 is 1.25 bits per heavy atom. The number of aromatic nitrogens is 6. The van der Waals surface area contributed by atoms with E-state index in [-0.39, 0.29) is 11.6 Å². The highest BCUT2D eigenvalue weighted by molar-refractivity contribution is 5.39. The Balaban J connectivity index is 2.57. The first-order valence-electron chi connectivity index (χ1n) is 3.05. The zero-order valence-electron chi connectivity index (χ0n) is 5.71. The van der Waals surface area contributed by atoms with Crippen molar-refractivity contribution < 1.29 is 0 Å². The van der Waals surface area contributed by atoms with E-state index >= 15 is 0 Å². The number of nitrogens with one attached hydrogen (secondary N) is 4. The van der Waals surface area contributed by atoms with E-state index in [1.807, 2.05) is 0 Å². The monoisotopic (exact) mass is 168 g/mol. The third kappa shape index (κ3) is 0.944. The van der Waals surface area contributed by atoms with Gasteiger partial charge >= 0.3 is 11.4 Å². The molecule has 0 aliphatic carbocycles. The van der Waals surface area contributed by atoms with Gasteiger partial charge in [-0.25, -0.2) is 19.8 Å². The molecule has 62 valence electrons. The quantitative estimate of drug-likeness (QED) is 0.400. The molecule has 0 aliphatic heterocycles.